The van der Waals surface area contributed by atoms with Gasteiger partial charge in [0.15, 0.2) is 0 Å². The van der Waals surface area contributed by atoms with Crippen LogP contribution >= 0.6 is 11.3 Å². The lowest BCUT2D eigenvalue weighted by Gasteiger charge is -2.15. The fourth-order valence-corrected chi connectivity index (χ4v) is 3.06. The molecule has 1 aliphatic rings. The second kappa shape index (κ2) is 5.74. The van der Waals surface area contributed by atoms with Gasteiger partial charge in [-0.1, -0.05) is 0 Å². The average molecular weight is 292 g/mol. The van der Waals surface area contributed by atoms with Crippen LogP contribution in [0.25, 0.3) is 0 Å². The van der Waals surface area contributed by atoms with Gasteiger partial charge in [0.25, 0.3) is 5.91 Å². The second-order valence-electron chi connectivity index (χ2n) is 4.94. The lowest BCUT2D eigenvalue weighted by molar-refractivity contribution is 0.0884. The van der Waals surface area contributed by atoms with E-state index in [0.29, 0.717) is 18.8 Å². The van der Waals surface area contributed by atoms with Crippen molar-refractivity contribution >= 4 is 17.2 Å². The molecule has 0 aromatic carbocycles. The monoisotopic (exact) mass is 292 g/mol. The Labute approximate surface area is 120 Å². The van der Waals surface area contributed by atoms with Crippen LogP contribution < -0.4 is 5.32 Å². The van der Waals surface area contributed by atoms with Crippen molar-refractivity contribution in [3.8, 4) is 0 Å². The smallest absolute Gasteiger partial charge is 0.269 e. The van der Waals surface area contributed by atoms with Gasteiger partial charge in [-0.05, 0) is 22.4 Å². The average Bonchev–Trinajstić information content (AvgIpc) is 3.14. The van der Waals surface area contributed by atoms with Gasteiger partial charge in [-0.2, -0.15) is 11.3 Å². The van der Waals surface area contributed by atoms with Crippen LogP contribution in [0.15, 0.2) is 29.4 Å². The Hall–Kier alpha value is -1.70. The largest absolute Gasteiger partial charge is 0.390 e. The van der Waals surface area contributed by atoms with Gasteiger partial charge in [-0.3, -0.25) is 9.69 Å². The number of hydrogen-bond acceptors (Lipinski definition) is 5. The lowest BCUT2D eigenvalue weighted by atomic mass is 10.2. The van der Waals surface area contributed by atoms with Gasteiger partial charge in [0.1, 0.15) is 5.69 Å². The summed E-state index contributed by atoms with van der Waals surface area (Å²) in [5.74, 6) is -0.232. The predicted octanol–water partition coefficient (Wildman–Crippen LogP) is 0.446. The highest BCUT2D eigenvalue weighted by molar-refractivity contribution is 7.07. The van der Waals surface area contributed by atoms with Gasteiger partial charge < -0.3 is 15.4 Å². The fraction of sp³-hybridized carbons (Fsp3) is 0.385. The van der Waals surface area contributed by atoms with Crippen LogP contribution in [-0.4, -0.2) is 51.1 Å². The molecular formula is C13H16N4O2S. The molecule has 3 heterocycles. The Morgan fingerprint density at radius 2 is 2.50 bits per heavy atom. The van der Waals surface area contributed by atoms with E-state index in [4.69, 9.17) is 0 Å². The summed E-state index contributed by atoms with van der Waals surface area (Å²) in [5.41, 5.74) is 1.65. The molecule has 2 aromatic heterocycles. The Balaban J connectivity index is 1.57. The molecule has 20 heavy (non-hydrogen) atoms. The van der Waals surface area contributed by atoms with E-state index in [2.05, 4.69) is 31.6 Å². The molecule has 3 N–H and O–H groups in total. The number of likely N-dealkylation sites (tertiary alicyclic amines) is 1. The number of H-pyrrole nitrogens is 1. The van der Waals surface area contributed by atoms with Crippen molar-refractivity contribution in [2.75, 3.05) is 13.1 Å². The molecule has 2 aromatic rings. The van der Waals surface area contributed by atoms with Crippen LogP contribution in [0.1, 0.15) is 16.1 Å². The topological polar surface area (TPSA) is 81.2 Å². The molecule has 0 bridgehead atoms. The first kappa shape index (κ1) is 13.3. The highest BCUT2D eigenvalue weighted by Crippen LogP contribution is 2.16. The summed E-state index contributed by atoms with van der Waals surface area (Å²) in [6.07, 6.45) is 2.39. The zero-order valence-electron chi connectivity index (χ0n) is 10.8. The number of carbonyl (C=O) groups is 1. The van der Waals surface area contributed by atoms with Gasteiger partial charge in [0, 0.05) is 19.6 Å². The number of aromatic nitrogens is 2. The van der Waals surface area contributed by atoms with E-state index in [-0.39, 0.29) is 11.9 Å². The number of nitrogens with zero attached hydrogens (tertiary/aromatic N) is 2. The third-order valence-corrected chi connectivity index (χ3v) is 4.14. The highest BCUT2D eigenvalue weighted by Gasteiger charge is 2.32. The summed E-state index contributed by atoms with van der Waals surface area (Å²) in [6, 6.07) is 1.83. The van der Waals surface area contributed by atoms with Gasteiger partial charge in [0.05, 0.1) is 24.7 Å². The number of imidazole rings is 1. The summed E-state index contributed by atoms with van der Waals surface area (Å²) in [6.45, 7) is 2.03. The maximum atomic E-state index is 11.9. The van der Waals surface area contributed by atoms with Crippen molar-refractivity contribution in [3.05, 3.63) is 40.6 Å². The molecule has 0 radical (unpaired) electrons. The molecule has 0 spiro atoms. The van der Waals surface area contributed by atoms with Crippen molar-refractivity contribution in [1.29, 1.82) is 0 Å². The number of rotatable bonds is 4. The van der Waals surface area contributed by atoms with Gasteiger partial charge in [-0.15, -0.1) is 0 Å². The quantitative estimate of drug-likeness (QED) is 0.764. The normalized spacial score (nSPS) is 23.1. The first-order valence-electron chi connectivity index (χ1n) is 6.43. The minimum absolute atomic E-state index is 0.232. The van der Waals surface area contributed by atoms with Crippen molar-refractivity contribution in [2.45, 2.75) is 18.7 Å². The Morgan fingerprint density at radius 1 is 1.60 bits per heavy atom. The minimum Gasteiger partial charge on any atom is -0.390 e. The van der Waals surface area contributed by atoms with Crippen molar-refractivity contribution in [3.63, 3.8) is 0 Å². The number of β-amino-alcohol motifs (C(OH)–C–C–N with tert-alkyl or cyclic N) is 1. The first-order chi connectivity index (χ1) is 9.72. The molecule has 0 saturated carbocycles. The number of amides is 1. The third-order valence-electron chi connectivity index (χ3n) is 3.41. The van der Waals surface area contributed by atoms with Gasteiger partial charge in [0.2, 0.25) is 0 Å². The molecule has 0 aliphatic carbocycles. The Bertz CT molecular complexity index is 555. The first-order valence-corrected chi connectivity index (χ1v) is 7.37. The van der Waals surface area contributed by atoms with E-state index in [0.717, 1.165) is 6.54 Å². The number of carbonyl (C=O) groups excluding carboxylic acids is 1. The van der Waals surface area contributed by atoms with Gasteiger partial charge >= 0.3 is 0 Å². The van der Waals surface area contributed by atoms with Crippen LogP contribution in [0, 0.1) is 0 Å². The van der Waals surface area contributed by atoms with E-state index >= 15 is 0 Å². The molecule has 1 aliphatic heterocycles. The SMILES string of the molecule is O=C(N[C@@H]1CN(Cc2ccsc2)C[C@H]1O)c1cnc[nH]1. The highest BCUT2D eigenvalue weighted by atomic mass is 32.1. The summed E-state index contributed by atoms with van der Waals surface area (Å²) in [4.78, 5) is 20.6. The van der Waals surface area contributed by atoms with E-state index in [1.807, 2.05) is 5.38 Å². The van der Waals surface area contributed by atoms with Crippen LogP contribution in [0.4, 0.5) is 0 Å². The number of aromatic amines is 1. The minimum atomic E-state index is -0.541. The molecule has 2 atom stereocenters. The molecule has 106 valence electrons. The van der Waals surface area contributed by atoms with Crippen molar-refractivity contribution < 1.29 is 9.90 Å². The maximum Gasteiger partial charge on any atom is 0.269 e. The number of aliphatic hydroxyl groups excluding tert-OH is 1. The zero-order chi connectivity index (χ0) is 13.9. The fourth-order valence-electron chi connectivity index (χ4n) is 2.40. The summed E-state index contributed by atoms with van der Waals surface area (Å²) in [5, 5.41) is 17.0. The third kappa shape index (κ3) is 2.90. The summed E-state index contributed by atoms with van der Waals surface area (Å²) in [7, 11) is 0. The molecule has 3 rings (SSSR count). The van der Waals surface area contributed by atoms with Crippen LogP contribution in [0.2, 0.25) is 0 Å². The second-order valence-corrected chi connectivity index (χ2v) is 5.72. The van der Waals surface area contributed by atoms with Crippen LogP contribution in [-0.2, 0) is 6.54 Å². The summed E-state index contributed by atoms with van der Waals surface area (Å²) >= 11 is 1.66. The maximum absolute atomic E-state index is 11.9. The molecule has 6 nitrogen and oxygen atoms in total. The lowest BCUT2D eigenvalue weighted by Crippen LogP contribution is -2.42. The number of thiophene rings is 1. The predicted molar refractivity (Wildman–Crippen MR) is 75.4 cm³/mol. The van der Waals surface area contributed by atoms with Gasteiger partial charge in [-0.25, -0.2) is 4.98 Å². The Morgan fingerprint density at radius 3 is 3.20 bits per heavy atom. The van der Waals surface area contributed by atoms with Crippen molar-refractivity contribution in [1.82, 2.24) is 20.2 Å². The molecular weight excluding hydrogens is 276 g/mol. The van der Waals surface area contributed by atoms with E-state index in [9.17, 15) is 9.90 Å². The Kier molecular flexibility index (Phi) is 3.81. The molecule has 0 unspecified atom stereocenters. The zero-order valence-corrected chi connectivity index (χ0v) is 11.6. The van der Waals surface area contributed by atoms with E-state index < -0.39 is 6.10 Å². The van der Waals surface area contributed by atoms with Crippen molar-refractivity contribution in [2.24, 2.45) is 0 Å². The van der Waals surface area contributed by atoms with E-state index in [1.54, 1.807) is 11.3 Å². The number of aliphatic hydroxyl groups is 1. The van der Waals surface area contributed by atoms with E-state index in [1.165, 1.54) is 18.1 Å². The number of nitrogens with one attached hydrogen (secondary N) is 2. The standard InChI is InChI=1S/C13H16N4O2S/c18-12-6-17(4-9-1-2-20-7-9)5-11(12)16-13(19)10-3-14-8-15-10/h1-3,7-8,11-12,18H,4-6H2,(H,14,15)(H,16,19)/t11-,12-/m1/s1. The number of hydrogen-bond donors (Lipinski definition) is 3. The molecule has 7 heteroatoms. The molecule has 1 saturated heterocycles. The van der Waals surface area contributed by atoms with Crippen LogP contribution in [0.3, 0.4) is 0 Å². The summed E-state index contributed by atoms with van der Waals surface area (Å²) < 4.78 is 0. The van der Waals surface area contributed by atoms with Crippen LogP contribution in [0.5, 0.6) is 0 Å². The molecule has 1 fully saturated rings. The molecule has 1 amide bonds.